The minimum absolute atomic E-state index is 0.109. The lowest BCUT2D eigenvalue weighted by molar-refractivity contribution is 0.296. The van der Waals surface area contributed by atoms with Crippen molar-refractivity contribution < 1.29 is 8.42 Å². The number of imidazole rings is 1. The summed E-state index contributed by atoms with van der Waals surface area (Å²) >= 11 is 0. The molecule has 130 valence electrons. The largest absolute Gasteiger partial charge is 0.288 e. The van der Waals surface area contributed by atoms with Gasteiger partial charge in [-0.15, -0.1) is 0 Å². The highest BCUT2D eigenvalue weighted by atomic mass is 32.2. The number of aromatic nitrogens is 3. The third-order valence-electron chi connectivity index (χ3n) is 4.42. The molecule has 1 saturated heterocycles. The smallest absolute Gasteiger partial charge is 0.281 e. The van der Waals surface area contributed by atoms with Crippen LogP contribution in [0, 0.1) is 6.92 Å². The summed E-state index contributed by atoms with van der Waals surface area (Å²) in [4.78, 5) is 8.98. The first kappa shape index (κ1) is 17.1. The molecule has 0 bridgehead atoms. The van der Waals surface area contributed by atoms with Crippen molar-refractivity contribution in [3.63, 3.8) is 0 Å². The Bertz CT molecular complexity index is 815. The number of hydrogen-bond donors (Lipinski definition) is 0. The van der Waals surface area contributed by atoms with Gasteiger partial charge in [-0.25, -0.2) is 9.97 Å². The van der Waals surface area contributed by atoms with E-state index in [1.807, 2.05) is 35.9 Å². The first-order valence-corrected chi connectivity index (χ1v) is 9.44. The van der Waals surface area contributed by atoms with Crippen molar-refractivity contribution in [3.05, 3.63) is 42.1 Å². The second-order valence-electron chi connectivity index (χ2n) is 6.25. The third-order valence-corrected chi connectivity index (χ3v) is 6.33. The van der Waals surface area contributed by atoms with E-state index in [-0.39, 0.29) is 5.92 Å². The molecule has 0 unspecified atom stereocenters. The van der Waals surface area contributed by atoms with E-state index in [2.05, 4.69) is 4.98 Å². The zero-order valence-electron chi connectivity index (χ0n) is 14.3. The topological polar surface area (TPSA) is 71.3 Å². The Morgan fingerprint density at radius 3 is 2.75 bits per heavy atom. The van der Waals surface area contributed by atoms with Gasteiger partial charge in [-0.3, -0.25) is 4.57 Å². The maximum atomic E-state index is 12.4. The van der Waals surface area contributed by atoms with Gasteiger partial charge in [0.25, 0.3) is 10.2 Å². The molecule has 3 heterocycles. The van der Waals surface area contributed by atoms with Crippen molar-refractivity contribution >= 4 is 10.2 Å². The highest BCUT2D eigenvalue weighted by molar-refractivity contribution is 7.86. The SMILES string of the molecule is Cc1nccn1-c1cccc([C@H]2CCCN(S(=O)(=O)N(C)C)C2)n1. The predicted octanol–water partition coefficient (Wildman–Crippen LogP) is 1.56. The molecule has 3 rings (SSSR count). The van der Waals surface area contributed by atoms with Crippen LogP contribution >= 0.6 is 0 Å². The fourth-order valence-electron chi connectivity index (χ4n) is 3.05. The second kappa shape index (κ2) is 6.62. The zero-order chi connectivity index (χ0) is 17.3. The molecule has 0 amide bonds. The van der Waals surface area contributed by atoms with E-state index < -0.39 is 10.2 Å². The maximum absolute atomic E-state index is 12.4. The Hall–Kier alpha value is -1.77. The zero-order valence-corrected chi connectivity index (χ0v) is 15.1. The predicted molar refractivity (Wildman–Crippen MR) is 92.3 cm³/mol. The minimum atomic E-state index is -3.38. The van der Waals surface area contributed by atoms with E-state index in [1.165, 1.54) is 4.31 Å². The van der Waals surface area contributed by atoms with Gasteiger partial charge in [-0.05, 0) is 31.9 Å². The van der Waals surface area contributed by atoms with Crippen molar-refractivity contribution in [2.24, 2.45) is 0 Å². The summed E-state index contributed by atoms with van der Waals surface area (Å²) < 4.78 is 29.5. The van der Waals surface area contributed by atoms with E-state index in [0.29, 0.717) is 13.1 Å². The molecule has 0 aliphatic carbocycles. The van der Waals surface area contributed by atoms with Crippen LogP contribution in [0.5, 0.6) is 0 Å². The van der Waals surface area contributed by atoms with E-state index in [0.717, 1.165) is 30.2 Å². The lowest BCUT2D eigenvalue weighted by Crippen LogP contribution is -2.45. The molecule has 0 radical (unpaired) electrons. The summed E-state index contributed by atoms with van der Waals surface area (Å²) in [7, 11) is -0.239. The van der Waals surface area contributed by atoms with Gasteiger partial charge in [0.15, 0.2) is 0 Å². The van der Waals surface area contributed by atoms with Crippen molar-refractivity contribution in [1.82, 2.24) is 23.1 Å². The molecular formula is C16H23N5O2S. The van der Waals surface area contributed by atoms with E-state index in [4.69, 9.17) is 4.98 Å². The normalized spacial score (nSPS) is 19.8. The Kier molecular flexibility index (Phi) is 4.71. The standard InChI is InChI=1S/C16H23N5O2S/c1-13-17-9-11-21(13)16-8-4-7-15(18-16)14-6-5-10-20(12-14)24(22,23)19(2)3/h4,7-9,11,14H,5-6,10,12H2,1-3H3/t14-/m0/s1. The summed E-state index contributed by atoms with van der Waals surface area (Å²) in [6.07, 6.45) is 5.41. The number of hydrogen-bond acceptors (Lipinski definition) is 4. The molecule has 0 spiro atoms. The average Bonchev–Trinajstić information content (AvgIpc) is 3.01. The third kappa shape index (κ3) is 3.22. The molecule has 8 heteroatoms. The summed E-state index contributed by atoms with van der Waals surface area (Å²) in [5.41, 5.74) is 0.930. The molecule has 1 aliphatic heterocycles. The van der Waals surface area contributed by atoms with Crippen molar-refractivity contribution in [1.29, 1.82) is 0 Å². The summed E-state index contributed by atoms with van der Waals surface area (Å²) in [6.45, 7) is 2.97. The highest BCUT2D eigenvalue weighted by Crippen LogP contribution is 2.28. The monoisotopic (exact) mass is 349 g/mol. The van der Waals surface area contributed by atoms with Crippen LogP contribution < -0.4 is 0 Å². The van der Waals surface area contributed by atoms with Crippen molar-refractivity contribution in [2.75, 3.05) is 27.2 Å². The van der Waals surface area contributed by atoms with E-state index in [1.54, 1.807) is 24.6 Å². The van der Waals surface area contributed by atoms with Crippen LogP contribution in [0.1, 0.15) is 30.3 Å². The summed E-state index contributed by atoms with van der Waals surface area (Å²) in [5.74, 6) is 1.80. The van der Waals surface area contributed by atoms with Crippen LogP contribution in [-0.2, 0) is 10.2 Å². The molecule has 0 saturated carbocycles. The van der Waals surface area contributed by atoms with Crippen molar-refractivity contribution in [3.8, 4) is 5.82 Å². The quantitative estimate of drug-likeness (QED) is 0.840. The van der Waals surface area contributed by atoms with Gasteiger partial charge in [0, 0.05) is 51.2 Å². The Morgan fingerprint density at radius 1 is 1.29 bits per heavy atom. The molecule has 2 aromatic heterocycles. The average molecular weight is 349 g/mol. The van der Waals surface area contributed by atoms with Crippen LogP contribution in [0.3, 0.4) is 0 Å². The van der Waals surface area contributed by atoms with E-state index >= 15 is 0 Å². The lowest BCUT2D eigenvalue weighted by atomic mass is 9.95. The molecule has 1 atom stereocenters. The van der Waals surface area contributed by atoms with Gasteiger partial charge in [0.1, 0.15) is 11.6 Å². The minimum Gasteiger partial charge on any atom is -0.288 e. The first-order chi connectivity index (χ1) is 11.4. The van der Waals surface area contributed by atoms with Gasteiger partial charge in [-0.1, -0.05) is 6.07 Å². The number of rotatable bonds is 4. The van der Waals surface area contributed by atoms with Crippen LogP contribution in [-0.4, -0.2) is 58.7 Å². The van der Waals surface area contributed by atoms with Gasteiger partial charge < -0.3 is 0 Å². The molecule has 0 aromatic carbocycles. The highest BCUT2D eigenvalue weighted by Gasteiger charge is 2.31. The van der Waals surface area contributed by atoms with Gasteiger partial charge in [-0.2, -0.15) is 17.0 Å². The number of aryl methyl sites for hydroxylation is 1. The Morgan fingerprint density at radius 2 is 2.08 bits per heavy atom. The Labute approximate surface area is 143 Å². The van der Waals surface area contributed by atoms with Crippen LogP contribution in [0.2, 0.25) is 0 Å². The molecule has 0 N–H and O–H groups in total. The van der Waals surface area contributed by atoms with Crippen LogP contribution in [0.15, 0.2) is 30.6 Å². The fourth-order valence-corrected chi connectivity index (χ4v) is 4.24. The number of nitrogens with zero attached hydrogens (tertiary/aromatic N) is 5. The second-order valence-corrected chi connectivity index (χ2v) is 8.39. The van der Waals surface area contributed by atoms with Gasteiger partial charge in [0.2, 0.25) is 0 Å². The fraction of sp³-hybridized carbons (Fsp3) is 0.500. The molecule has 7 nitrogen and oxygen atoms in total. The van der Waals surface area contributed by atoms with E-state index in [9.17, 15) is 8.42 Å². The Balaban J connectivity index is 1.86. The van der Waals surface area contributed by atoms with Crippen LogP contribution in [0.4, 0.5) is 0 Å². The number of piperidine rings is 1. The summed E-state index contributed by atoms with van der Waals surface area (Å²) in [6, 6.07) is 5.89. The maximum Gasteiger partial charge on any atom is 0.281 e. The summed E-state index contributed by atoms with van der Waals surface area (Å²) in [5, 5.41) is 0. The molecular weight excluding hydrogens is 326 g/mol. The van der Waals surface area contributed by atoms with Crippen LogP contribution in [0.25, 0.3) is 5.82 Å². The lowest BCUT2D eigenvalue weighted by Gasteiger charge is -2.33. The van der Waals surface area contributed by atoms with Crippen molar-refractivity contribution in [2.45, 2.75) is 25.7 Å². The van der Waals surface area contributed by atoms with Gasteiger partial charge >= 0.3 is 0 Å². The molecule has 1 fully saturated rings. The molecule has 1 aliphatic rings. The number of pyridine rings is 1. The van der Waals surface area contributed by atoms with Gasteiger partial charge in [0.05, 0.1) is 0 Å². The molecule has 24 heavy (non-hydrogen) atoms. The first-order valence-electron chi connectivity index (χ1n) is 8.04. The molecule has 2 aromatic rings.